The molecular weight excluding hydrogens is 217 g/mol. The van der Waals surface area contributed by atoms with Crippen LogP contribution in [0.3, 0.4) is 0 Å². The molecule has 17 heavy (non-hydrogen) atoms. The molecule has 0 saturated heterocycles. The Morgan fingerprint density at radius 3 is 2.71 bits per heavy atom. The smallest absolute Gasteiger partial charge is 0.132 e. The minimum absolute atomic E-state index is 0.152. The summed E-state index contributed by atoms with van der Waals surface area (Å²) in [6.07, 6.45) is 2.00. The summed E-state index contributed by atoms with van der Waals surface area (Å²) in [5.41, 5.74) is 1.71. The van der Waals surface area contributed by atoms with E-state index in [1.165, 1.54) is 6.07 Å². The van der Waals surface area contributed by atoms with E-state index in [0.29, 0.717) is 11.3 Å². The highest BCUT2D eigenvalue weighted by Crippen LogP contribution is 2.29. The van der Waals surface area contributed by atoms with Gasteiger partial charge >= 0.3 is 0 Å². The first-order valence-corrected chi connectivity index (χ1v) is 5.81. The highest BCUT2D eigenvalue weighted by atomic mass is 19.1. The fourth-order valence-corrected chi connectivity index (χ4v) is 1.79. The summed E-state index contributed by atoms with van der Waals surface area (Å²) in [6.45, 7) is 6.76. The lowest BCUT2D eigenvalue weighted by molar-refractivity contribution is 0.398. The molecule has 0 radical (unpaired) electrons. The lowest BCUT2D eigenvalue weighted by Gasteiger charge is -2.18. The van der Waals surface area contributed by atoms with Crippen molar-refractivity contribution in [2.75, 3.05) is 13.7 Å². The molecule has 1 rings (SSSR count). The molecular formula is C14H20FNO. The van der Waals surface area contributed by atoms with Crippen molar-refractivity contribution in [3.05, 3.63) is 41.2 Å². The van der Waals surface area contributed by atoms with E-state index >= 15 is 0 Å². The van der Waals surface area contributed by atoms with Crippen molar-refractivity contribution in [1.82, 2.24) is 5.32 Å². The van der Waals surface area contributed by atoms with Crippen molar-refractivity contribution in [3.63, 3.8) is 0 Å². The lowest BCUT2D eigenvalue weighted by Crippen LogP contribution is -2.21. The molecule has 1 atom stereocenters. The number of rotatable bonds is 5. The maximum absolute atomic E-state index is 13.9. The monoisotopic (exact) mass is 237 g/mol. The van der Waals surface area contributed by atoms with Gasteiger partial charge in [-0.1, -0.05) is 24.6 Å². The molecule has 1 aromatic rings. The summed E-state index contributed by atoms with van der Waals surface area (Å²) in [5.74, 6) is 0.334. The number of likely N-dealkylation sites (N-methyl/N-ethyl adjacent to an activating group) is 1. The Labute approximate surface area is 102 Å². The topological polar surface area (TPSA) is 21.3 Å². The zero-order valence-corrected chi connectivity index (χ0v) is 10.9. The Morgan fingerprint density at radius 2 is 2.18 bits per heavy atom. The normalized spacial score (nSPS) is 12.1. The molecule has 0 aliphatic heterocycles. The number of benzene rings is 1. The highest BCUT2D eigenvalue weighted by molar-refractivity contribution is 5.39. The van der Waals surface area contributed by atoms with Crippen LogP contribution in [0, 0.1) is 5.82 Å². The van der Waals surface area contributed by atoms with Crippen molar-refractivity contribution in [2.45, 2.75) is 26.8 Å². The van der Waals surface area contributed by atoms with Crippen LogP contribution in [0.5, 0.6) is 5.75 Å². The maximum Gasteiger partial charge on any atom is 0.132 e. The van der Waals surface area contributed by atoms with E-state index in [4.69, 9.17) is 4.74 Å². The van der Waals surface area contributed by atoms with Crippen LogP contribution in [0.2, 0.25) is 0 Å². The number of nitrogens with one attached hydrogen (secondary N) is 1. The van der Waals surface area contributed by atoms with E-state index < -0.39 is 0 Å². The van der Waals surface area contributed by atoms with Gasteiger partial charge in [-0.15, -0.1) is 0 Å². The number of methoxy groups -OCH3 is 1. The van der Waals surface area contributed by atoms with Gasteiger partial charge in [-0.3, -0.25) is 0 Å². The van der Waals surface area contributed by atoms with E-state index in [9.17, 15) is 4.39 Å². The Hall–Kier alpha value is -1.35. The van der Waals surface area contributed by atoms with E-state index in [1.54, 1.807) is 19.2 Å². The van der Waals surface area contributed by atoms with Gasteiger partial charge in [0, 0.05) is 0 Å². The average Bonchev–Trinajstić information content (AvgIpc) is 2.27. The minimum atomic E-state index is -0.243. The summed E-state index contributed by atoms with van der Waals surface area (Å²) in [6, 6.07) is 4.74. The summed E-state index contributed by atoms with van der Waals surface area (Å²) in [5, 5.41) is 3.25. The first-order chi connectivity index (χ1) is 8.10. The Bertz CT molecular complexity index is 397. The van der Waals surface area contributed by atoms with Crippen molar-refractivity contribution in [1.29, 1.82) is 0 Å². The molecule has 0 spiro atoms. The Balaban J connectivity index is 3.21. The number of hydrogen-bond acceptors (Lipinski definition) is 2. The molecule has 0 saturated carbocycles. The van der Waals surface area contributed by atoms with Crippen LogP contribution in [0.1, 0.15) is 32.4 Å². The van der Waals surface area contributed by atoms with Crippen LogP contribution < -0.4 is 10.1 Å². The first-order valence-electron chi connectivity index (χ1n) is 5.81. The number of ether oxygens (including phenoxy) is 1. The fraction of sp³-hybridized carbons (Fsp3) is 0.429. The maximum atomic E-state index is 13.9. The van der Waals surface area contributed by atoms with Gasteiger partial charge in [-0.25, -0.2) is 4.39 Å². The lowest BCUT2D eigenvalue weighted by atomic mass is 10.0. The third kappa shape index (κ3) is 3.56. The molecule has 2 nitrogen and oxygen atoms in total. The van der Waals surface area contributed by atoms with Crippen LogP contribution in [-0.4, -0.2) is 13.7 Å². The second kappa shape index (κ2) is 6.40. The summed E-state index contributed by atoms with van der Waals surface area (Å²) < 4.78 is 19.1. The quantitative estimate of drug-likeness (QED) is 0.792. The van der Waals surface area contributed by atoms with Gasteiger partial charge < -0.3 is 10.1 Å². The zero-order chi connectivity index (χ0) is 12.8. The number of allylic oxidation sites excluding steroid dienone is 1. The zero-order valence-electron chi connectivity index (χ0n) is 10.9. The SMILES string of the molecule is CCNC(C=C(C)C)c1c(F)cccc1OC. The predicted molar refractivity (Wildman–Crippen MR) is 68.8 cm³/mol. The van der Waals surface area contributed by atoms with Gasteiger partial charge in [0.2, 0.25) is 0 Å². The summed E-state index contributed by atoms with van der Waals surface area (Å²) in [4.78, 5) is 0. The van der Waals surface area contributed by atoms with Crippen molar-refractivity contribution >= 4 is 0 Å². The summed E-state index contributed by atoms with van der Waals surface area (Å²) in [7, 11) is 1.56. The average molecular weight is 237 g/mol. The number of halogens is 1. The third-order valence-electron chi connectivity index (χ3n) is 2.47. The third-order valence-corrected chi connectivity index (χ3v) is 2.47. The molecule has 1 N–H and O–H groups in total. The Kier molecular flexibility index (Phi) is 5.16. The molecule has 0 amide bonds. The molecule has 3 heteroatoms. The van der Waals surface area contributed by atoms with Gasteiger partial charge in [-0.2, -0.15) is 0 Å². The van der Waals surface area contributed by atoms with E-state index in [-0.39, 0.29) is 11.9 Å². The van der Waals surface area contributed by atoms with Crippen LogP contribution in [0.4, 0.5) is 4.39 Å². The second-order valence-corrected chi connectivity index (χ2v) is 4.14. The van der Waals surface area contributed by atoms with Gasteiger partial charge in [0.15, 0.2) is 0 Å². The standard InChI is InChI=1S/C14H20FNO/c1-5-16-12(9-10(2)3)14-11(15)7-6-8-13(14)17-4/h6-9,12,16H,5H2,1-4H3. The predicted octanol–water partition coefficient (Wildman–Crippen LogP) is 3.45. The van der Waals surface area contributed by atoms with Crippen LogP contribution in [-0.2, 0) is 0 Å². The minimum Gasteiger partial charge on any atom is -0.496 e. The van der Waals surface area contributed by atoms with E-state index in [2.05, 4.69) is 5.32 Å². The van der Waals surface area contributed by atoms with Gasteiger partial charge in [0.05, 0.1) is 18.7 Å². The first kappa shape index (κ1) is 13.7. The van der Waals surface area contributed by atoms with Crippen LogP contribution >= 0.6 is 0 Å². The van der Waals surface area contributed by atoms with E-state index in [1.807, 2.05) is 26.8 Å². The molecule has 0 fully saturated rings. The van der Waals surface area contributed by atoms with Crippen LogP contribution in [0.25, 0.3) is 0 Å². The molecule has 1 aromatic carbocycles. The van der Waals surface area contributed by atoms with Crippen molar-refractivity contribution in [3.8, 4) is 5.75 Å². The molecule has 0 aliphatic rings. The molecule has 1 unspecified atom stereocenters. The van der Waals surface area contributed by atoms with Crippen molar-refractivity contribution < 1.29 is 9.13 Å². The Morgan fingerprint density at radius 1 is 1.47 bits per heavy atom. The van der Waals surface area contributed by atoms with Gasteiger partial charge in [-0.05, 0) is 32.5 Å². The molecule has 94 valence electrons. The molecule has 0 aromatic heterocycles. The largest absolute Gasteiger partial charge is 0.496 e. The number of hydrogen-bond donors (Lipinski definition) is 1. The van der Waals surface area contributed by atoms with Crippen LogP contribution in [0.15, 0.2) is 29.8 Å². The molecule has 0 heterocycles. The van der Waals surface area contributed by atoms with Crippen molar-refractivity contribution in [2.24, 2.45) is 0 Å². The van der Waals surface area contributed by atoms with Gasteiger partial charge in [0.1, 0.15) is 11.6 Å². The fourth-order valence-electron chi connectivity index (χ4n) is 1.79. The van der Waals surface area contributed by atoms with E-state index in [0.717, 1.165) is 12.1 Å². The molecule has 0 aliphatic carbocycles. The highest BCUT2D eigenvalue weighted by Gasteiger charge is 2.17. The molecule has 0 bridgehead atoms. The second-order valence-electron chi connectivity index (χ2n) is 4.14. The summed E-state index contributed by atoms with van der Waals surface area (Å²) >= 11 is 0. The van der Waals surface area contributed by atoms with Gasteiger partial charge in [0.25, 0.3) is 0 Å².